The first-order chi connectivity index (χ1) is 19.8. The SMILES string of the molecule is OCCCCCCOc1ccc(OCc2ccccc2)cc1.OCCCCCCOc1ccc2ccccc2c1. The summed E-state index contributed by atoms with van der Waals surface area (Å²) in [4.78, 5) is 0. The molecule has 0 aliphatic rings. The molecule has 0 heterocycles. The zero-order valence-corrected chi connectivity index (χ0v) is 23.5. The summed E-state index contributed by atoms with van der Waals surface area (Å²) >= 11 is 0. The van der Waals surface area contributed by atoms with Gasteiger partial charge >= 0.3 is 0 Å². The van der Waals surface area contributed by atoms with Crippen LogP contribution in [0.3, 0.4) is 0 Å². The Kier molecular flexibility index (Phi) is 15.1. The van der Waals surface area contributed by atoms with E-state index < -0.39 is 0 Å². The van der Waals surface area contributed by atoms with Crippen LogP contribution in [0.4, 0.5) is 0 Å². The molecule has 0 bridgehead atoms. The standard InChI is InChI=1S/C19H24O3.C16H20O2/c20-14-6-1-2-7-15-21-18-10-12-19(13-11-18)22-16-17-8-4-3-5-9-17;17-11-5-1-2-6-12-18-16-10-9-14-7-3-4-8-15(14)13-16/h3-5,8-13,20H,1-2,6-7,14-16H2;3-4,7-10,13,17H,1-2,5-6,11-12H2. The molecule has 4 rings (SSSR count). The average Bonchev–Trinajstić information content (AvgIpc) is 3.01. The predicted molar refractivity (Wildman–Crippen MR) is 163 cm³/mol. The third-order valence-electron chi connectivity index (χ3n) is 6.44. The summed E-state index contributed by atoms with van der Waals surface area (Å²) in [5.41, 5.74) is 1.16. The highest BCUT2D eigenvalue weighted by Crippen LogP contribution is 2.21. The summed E-state index contributed by atoms with van der Waals surface area (Å²) in [5, 5.41) is 19.8. The number of unbranched alkanes of at least 4 members (excludes halogenated alkanes) is 6. The minimum Gasteiger partial charge on any atom is -0.494 e. The summed E-state index contributed by atoms with van der Waals surface area (Å²) in [6, 6.07) is 32.4. The van der Waals surface area contributed by atoms with Gasteiger partial charge in [-0.2, -0.15) is 0 Å². The fraction of sp³-hybridized carbons (Fsp3) is 0.371. The van der Waals surface area contributed by atoms with Crippen LogP contribution in [0, 0.1) is 0 Å². The van der Waals surface area contributed by atoms with Crippen molar-refractivity contribution in [3.05, 3.63) is 103 Å². The summed E-state index contributed by atoms with van der Waals surface area (Å²) in [6.45, 7) is 2.63. The van der Waals surface area contributed by atoms with Crippen molar-refractivity contribution in [2.24, 2.45) is 0 Å². The Bertz CT molecular complexity index is 1180. The number of aliphatic hydroxyl groups is 2. The van der Waals surface area contributed by atoms with Gasteiger partial charge in [-0.1, -0.05) is 73.5 Å². The fourth-order valence-corrected chi connectivity index (χ4v) is 4.15. The van der Waals surface area contributed by atoms with Crippen LogP contribution in [-0.4, -0.2) is 36.6 Å². The van der Waals surface area contributed by atoms with Crippen LogP contribution in [0.5, 0.6) is 17.2 Å². The molecule has 0 amide bonds. The van der Waals surface area contributed by atoms with Crippen LogP contribution >= 0.6 is 0 Å². The lowest BCUT2D eigenvalue weighted by Crippen LogP contribution is -1.98. The van der Waals surface area contributed by atoms with Crippen LogP contribution in [-0.2, 0) is 6.61 Å². The molecule has 0 saturated carbocycles. The average molecular weight is 545 g/mol. The highest BCUT2D eigenvalue weighted by atomic mass is 16.5. The van der Waals surface area contributed by atoms with E-state index in [9.17, 15) is 0 Å². The zero-order valence-electron chi connectivity index (χ0n) is 23.5. The van der Waals surface area contributed by atoms with Crippen molar-refractivity contribution in [1.29, 1.82) is 0 Å². The number of benzene rings is 4. The maximum atomic E-state index is 8.70. The Morgan fingerprint density at radius 3 is 1.55 bits per heavy atom. The first-order valence-electron chi connectivity index (χ1n) is 14.5. The van der Waals surface area contributed by atoms with Gasteiger partial charge < -0.3 is 24.4 Å². The van der Waals surface area contributed by atoms with Crippen molar-refractivity contribution in [3.63, 3.8) is 0 Å². The predicted octanol–water partition coefficient (Wildman–Crippen LogP) is 7.97. The smallest absolute Gasteiger partial charge is 0.120 e. The highest BCUT2D eigenvalue weighted by molar-refractivity contribution is 5.83. The van der Waals surface area contributed by atoms with Gasteiger partial charge in [0, 0.05) is 13.2 Å². The summed E-state index contributed by atoms with van der Waals surface area (Å²) < 4.78 is 17.2. The van der Waals surface area contributed by atoms with E-state index in [4.69, 9.17) is 24.4 Å². The number of rotatable bonds is 17. The minimum atomic E-state index is 0.283. The Labute approximate surface area is 239 Å². The molecule has 5 nitrogen and oxygen atoms in total. The minimum absolute atomic E-state index is 0.283. The van der Waals surface area contributed by atoms with E-state index in [-0.39, 0.29) is 6.61 Å². The van der Waals surface area contributed by atoms with Gasteiger partial charge in [0.1, 0.15) is 23.9 Å². The fourth-order valence-electron chi connectivity index (χ4n) is 4.15. The Morgan fingerprint density at radius 1 is 0.425 bits per heavy atom. The first kappa shape index (κ1) is 31.0. The van der Waals surface area contributed by atoms with Crippen LogP contribution < -0.4 is 14.2 Å². The molecular weight excluding hydrogens is 500 g/mol. The molecule has 0 aliphatic heterocycles. The quantitative estimate of drug-likeness (QED) is 0.132. The second-order valence-corrected chi connectivity index (χ2v) is 9.73. The lowest BCUT2D eigenvalue weighted by Gasteiger charge is -2.09. The molecule has 0 saturated heterocycles. The van der Waals surface area contributed by atoms with Crippen molar-refractivity contribution in [2.75, 3.05) is 26.4 Å². The number of hydrogen-bond acceptors (Lipinski definition) is 5. The van der Waals surface area contributed by atoms with Crippen molar-refractivity contribution in [2.45, 2.75) is 58.0 Å². The first-order valence-corrected chi connectivity index (χ1v) is 14.5. The van der Waals surface area contributed by atoms with Crippen molar-refractivity contribution < 1.29 is 24.4 Å². The van der Waals surface area contributed by atoms with Gasteiger partial charge in [-0.3, -0.25) is 0 Å². The molecular formula is C35H44O5. The van der Waals surface area contributed by atoms with Gasteiger partial charge in [-0.15, -0.1) is 0 Å². The third kappa shape index (κ3) is 12.5. The van der Waals surface area contributed by atoms with Crippen LogP contribution in [0.25, 0.3) is 10.8 Å². The molecule has 0 fully saturated rings. The molecule has 4 aromatic carbocycles. The van der Waals surface area contributed by atoms with Crippen molar-refractivity contribution in [3.8, 4) is 17.2 Å². The van der Waals surface area contributed by atoms with Gasteiger partial charge in [0.15, 0.2) is 0 Å². The lowest BCUT2D eigenvalue weighted by atomic mass is 10.1. The second kappa shape index (κ2) is 19.5. The van der Waals surface area contributed by atoms with E-state index in [0.29, 0.717) is 13.2 Å². The monoisotopic (exact) mass is 544 g/mol. The number of hydrogen-bond donors (Lipinski definition) is 2. The van der Waals surface area contributed by atoms with E-state index in [1.165, 1.54) is 10.8 Å². The maximum Gasteiger partial charge on any atom is 0.120 e. The molecule has 0 spiro atoms. The van der Waals surface area contributed by atoms with Gasteiger partial charge in [-0.05, 0) is 91.3 Å². The Morgan fingerprint density at radius 2 is 0.925 bits per heavy atom. The molecule has 0 aromatic heterocycles. The highest BCUT2D eigenvalue weighted by Gasteiger charge is 1.99. The van der Waals surface area contributed by atoms with Crippen molar-refractivity contribution in [1.82, 2.24) is 0 Å². The molecule has 5 heteroatoms. The molecule has 0 unspecified atom stereocenters. The largest absolute Gasteiger partial charge is 0.494 e. The summed E-state index contributed by atoms with van der Waals surface area (Å²) in [5.74, 6) is 2.66. The zero-order chi connectivity index (χ0) is 28.1. The van der Waals surface area contributed by atoms with Gasteiger partial charge in [0.2, 0.25) is 0 Å². The van der Waals surface area contributed by atoms with Crippen LogP contribution in [0.2, 0.25) is 0 Å². The molecule has 214 valence electrons. The number of fused-ring (bicyclic) bond motifs is 1. The van der Waals surface area contributed by atoms with Crippen molar-refractivity contribution >= 4 is 10.8 Å². The van der Waals surface area contributed by atoms with E-state index >= 15 is 0 Å². The third-order valence-corrected chi connectivity index (χ3v) is 6.44. The second-order valence-electron chi connectivity index (χ2n) is 9.73. The molecule has 40 heavy (non-hydrogen) atoms. The molecule has 2 N–H and O–H groups in total. The van der Waals surface area contributed by atoms with Gasteiger partial charge in [0.05, 0.1) is 13.2 Å². The topological polar surface area (TPSA) is 68.2 Å². The van der Waals surface area contributed by atoms with Crippen LogP contribution in [0.15, 0.2) is 97.1 Å². The lowest BCUT2D eigenvalue weighted by molar-refractivity contribution is 0.273. The Hall–Kier alpha value is -3.54. The normalized spacial score (nSPS) is 10.6. The molecule has 0 aliphatic carbocycles. The summed E-state index contributed by atoms with van der Waals surface area (Å²) in [7, 11) is 0. The van der Waals surface area contributed by atoms with E-state index in [1.54, 1.807) is 0 Å². The molecule has 4 aromatic rings. The van der Waals surface area contributed by atoms with E-state index in [0.717, 1.165) is 87.4 Å². The number of ether oxygens (including phenoxy) is 3. The number of aliphatic hydroxyl groups excluding tert-OH is 2. The van der Waals surface area contributed by atoms with E-state index in [1.807, 2.05) is 72.8 Å². The molecule has 0 radical (unpaired) electrons. The van der Waals surface area contributed by atoms with E-state index in [2.05, 4.69) is 24.3 Å². The van der Waals surface area contributed by atoms with Crippen LogP contribution in [0.1, 0.15) is 56.9 Å². The van der Waals surface area contributed by atoms with Gasteiger partial charge in [0.25, 0.3) is 0 Å². The summed E-state index contributed by atoms with van der Waals surface area (Å²) in [6.07, 6.45) is 8.21. The molecule has 0 atom stereocenters. The maximum absolute atomic E-state index is 8.70. The Balaban J connectivity index is 0.000000225. The van der Waals surface area contributed by atoms with Gasteiger partial charge in [-0.25, -0.2) is 0 Å².